The first-order valence-corrected chi connectivity index (χ1v) is 7.95. The van der Waals surface area contributed by atoms with Crippen LogP contribution >= 0.6 is 12.4 Å². The molecular weight excluding hydrogens is 316 g/mol. The van der Waals surface area contributed by atoms with E-state index in [0.29, 0.717) is 30.4 Å². The third-order valence-corrected chi connectivity index (χ3v) is 3.34. The molecule has 1 amide bonds. The molecular formula is C17H29ClN2O3. The topological polar surface area (TPSA) is 73.6 Å². The Morgan fingerprint density at radius 3 is 2.22 bits per heavy atom. The molecule has 0 bridgehead atoms. The standard InChI is InChI=1S/C17H28N2O3.ClH/c1-5-9-21-15-8-7-14(11-16(15)22-10-6-2)19-17(20)12(3)13(4)18;/h7-8,11-13H,5-6,9-10,18H2,1-4H3,(H,19,20);1H. The largest absolute Gasteiger partial charge is 0.490 e. The summed E-state index contributed by atoms with van der Waals surface area (Å²) in [7, 11) is 0. The van der Waals surface area contributed by atoms with E-state index in [0.717, 1.165) is 12.8 Å². The van der Waals surface area contributed by atoms with Gasteiger partial charge in [0.15, 0.2) is 11.5 Å². The summed E-state index contributed by atoms with van der Waals surface area (Å²) in [5, 5.41) is 2.87. The smallest absolute Gasteiger partial charge is 0.228 e. The summed E-state index contributed by atoms with van der Waals surface area (Å²) >= 11 is 0. The Morgan fingerprint density at radius 2 is 1.70 bits per heavy atom. The molecule has 1 aromatic carbocycles. The summed E-state index contributed by atoms with van der Waals surface area (Å²) in [4.78, 5) is 12.1. The van der Waals surface area contributed by atoms with E-state index >= 15 is 0 Å². The molecule has 0 heterocycles. The van der Waals surface area contributed by atoms with Crippen LogP contribution in [0.1, 0.15) is 40.5 Å². The summed E-state index contributed by atoms with van der Waals surface area (Å²) in [6, 6.07) is 5.25. The maximum Gasteiger partial charge on any atom is 0.228 e. The minimum atomic E-state index is -0.254. The number of carbonyl (C=O) groups excluding carboxylic acids is 1. The number of ether oxygens (including phenoxy) is 2. The van der Waals surface area contributed by atoms with Crippen molar-refractivity contribution in [2.24, 2.45) is 11.7 Å². The van der Waals surface area contributed by atoms with Crippen molar-refractivity contribution in [3.63, 3.8) is 0 Å². The molecule has 0 aliphatic heterocycles. The number of carbonyl (C=O) groups is 1. The first kappa shape index (κ1) is 21.5. The van der Waals surface area contributed by atoms with Gasteiger partial charge in [-0.25, -0.2) is 0 Å². The van der Waals surface area contributed by atoms with Gasteiger partial charge >= 0.3 is 0 Å². The molecule has 0 saturated heterocycles. The van der Waals surface area contributed by atoms with Gasteiger partial charge in [0.25, 0.3) is 0 Å². The highest BCUT2D eigenvalue weighted by molar-refractivity contribution is 5.93. The first-order chi connectivity index (χ1) is 10.5. The van der Waals surface area contributed by atoms with Crippen molar-refractivity contribution in [1.82, 2.24) is 0 Å². The summed E-state index contributed by atoms with van der Waals surface area (Å²) < 4.78 is 11.4. The lowest BCUT2D eigenvalue weighted by Crippen LogP contribution is -2.34. The molecule has 132 valence electrons. The van der Waals surface area contributed by atoms with E-state index in [-0.39, 0.29) is 30.3 Å². The average Bonchev–Trinajstić information content (AvgIpc) is 2.50. The van der Waals surface area contributed by atoms with Crippen molar-refractivity contribution < 1.29 is 14.3 Å². The minimum absolute atomic E-state index is 0. The SMILES string of the molecule is CCCOc1ccc(NC(=O)C(C)C(C)N)cc1OCCC.Cl. The second kappa shape index (κ2) is 11.1. The molecule has 0 aromatic heterocycles. The average molecular weight is 345 g/mol. The number of benzene rings is 1. The third-order valence-electron chi connectivity index (χ3n) is 3.34. The monoisotopic (exact) mass is 344 g/mol. The van der Waals surface area contributed by atoms with Gasteiger partial charge in [0, 0.05) is 17.8 Å². The van der Waals surface area contributed by atoms with Crippen molar-refractivity contribution in [2.45, 2.75) is 46.6 Å². The van der Waals surface area contributed by atoms with Gasteiger partial charge in [0.1, 0.15) is 0 Å². The molecule has 6 heteroatoms. The van der Waals surface area contributed by atoms with Gasteiger partial charge in [0.2, 0.25) is 5.91 Å². The van der Waals surface area contributed by atoms with Gasteiger partial charge in [-0.1, -0.05) is 20.8 Å². The van der Waals surface area contributed by atoms with E-state index in [4.69, 9.17) is 15.2 Å². The molecule has 5 nitrogen and oxygen atoms in total. The van der Waals surface area contributed by atoms with E-state index < -0.39 is 0 Å². The zero-order valence-electron chi connectivity index (χ0n) is 14.4. The number of anilines is 1. The van der Waals surface area contributed by atoms with Crippen LogP contribution in [0.25, 0.3) is 0 Å². The van der Waals surface area contributed by atoms with Crippen LogP contribution in [-0.4, -0.2) is 25.2 Å². The molecule has 0 radical (unpaired) electrons. The van der Waals surface area contributed by atoms with Crippen molar-refractivity contribution >= 4 is 24.0 Å². The van der Waals surface area contributed by atoms with E-state index in [1.54, 1.807) is 6.07 Å². The lowest BCUT2D eigenvalue weighted by Gasteiger charge is -2.17. The summed E-state index contributed by atoms with van der Waals surface area (Å²) in [6.07, 6.45) is 1.84. The highest BCUT2D eigenvalue weighted by Gasteiger charge is 2.17. The molecule has 1 aromatic rings. The van der Waals surface area contributed by atoms with E-state index in [9.17, 15) is 4.79 Å². The maximum atomic E-state index is 12.1. The van der Waals surface area contributed by atoms with Gasteiger partial charge in [-0.2, -0.15) is 0 Å². The Hall–Kier alpha value is -1.46. The van der Waals surface area contributed by atoms with Crippen molar-refractivity contribution in [1.29, 1.82) is 0 Å². The second-order valence-corrected chi connectivity index (χ2v) is 5.50. The van der Waals surface area contributed by atoms with Crippen LogP contribution in [0.15, 0.2) is 18.2 Å². The Morgan fingerprint density at radius 1 is 1.13 bits per heavy atom. The fourth-order valence-corrected chi connectivity index (χ4v) is 1.74. The Labute approximate surface area is 145 Å². The molecule has 2 atom stereocenters. The molecule has 0 spiro atoms. The van der Waals surface area contributed by atoms with Gasteiger partial charge in [0.05, 0.1) is 19.1 Å². The number of nitrogens with two attached hydrogens (primary N) is 1. The lowest BCUT2D eigenvalue weighted by molar-refractivity contribution is -0.119. The van der Waals surface area contributed by atoms with Crippen LogP contribution in [0.5, 0.6) is 11.5 Å². The molecule has 0 fully saturated rings. The van der Waals surface area contributed by atoms with Crippen molar-refractivity contribution in [2.75, 3.05) is 18.5 Å². The predicted octanol–water partition coefficient (Wildman–Crippen LogP) is 3.61. The van der Waals surface area contributed by atoms with Crippen LogP contribution in [0, 0.1) is 5.92 Å². The first-order valence-electron chi connectivity index (χ1n) is 7.95. The van der Waals surface area contributed by atoms with Crippen molar-refractivity contribution in [3.05, 3.63) is 18.2 Å². The lowest BCUT2D eigenvalue weighted by atomic mass is 10.0. The highest BCUT2D eigenvalue weighted by atomic mass is 35.5. The number of amides is 1. The summed E-state index contributed by atoms with van der Waals surface area (Å²) in [6.45, 7) is 8.97. The van der Waals surface area contributed by atoms with Gasteiger partial charge < -0.3 is 20.5 Å². The molecule has 23 heavy (non-hydrogen) atoms. The molecule has 0 aliphatic rings. The zero-order chi connectivity index (χ0) is 16.5. The molecule has 2 unspecified atom stereocenters. The fourth-order valence-electron chi connectivity index (χ4n) is 1.74. The number of hydrogen-bond acceptors (Lipinski definition) is 4. The molecule has 3 N–H and O–H groups in total. The fraction of sp³-hybridized carbons (Fsp3) is 0.588. The van der Waals surface area contributed by atoms with Gasteiger partial charge in [-0.3, -0.25) is 4.79 Å². The van der Waals surface area contributed by atoms with Crippen LogP contribution in [0.2, 0.25) is 0 Å². The molecule has 0 aliphatic carbocycles. The van der Waals surface area contributed by atoms with Gasteiger partial charge in [-0.15, -0.1) is 12.4 Å². The predicted molar refractivity (Wildman–Crippen MR) is 96.7 cm³/mol. The van der Waals surface area contributed by atoms with E-state index in [1.807, 2.05) is 32.9 Å². The highest BCUT2D eigenvalue weighted by Crippen LogP contribution is 2.31. The minimum Gasteiger partial charge on any atom is -0.490 e. The van der Waals surface area contributed by atoms with Crippen LogP contribution < -0.4 is 20.5 Å². The Balaban J connectivity index is 0.00000484. The second-order valence-electron chi connectivity index (χ2n) is 5.50. The van der Waals surface area contributed by atoms with Crippen LogP contribution in [0.4, 0.5) is 5.69 Å². The number of hydrogen-bond donors (Lipinski definition) is 2. The zero-order valence-corrected chi connectivity index (χ0v) is 15.2. The summed E-state index contributed by atoms with van der Waals surface area (Å²) in [5.41, 5.74) is 6.45. The molecule has 1 rings (SSSR count). The maximum absolute atomic E-state index is 12.1. The Kier molecular flexibility index (Phi) is 10.4. The number of rotatable bonds is 9. The summed E-state index contributed by atoms with van der Waals surface area (Å²) in [5.74, 6) is 1.00. The van der Waals surface area contributed by atoms with E-state index in [1.165, 1.54) is 0 Å². The quantitative estimate of drug-likeness (QED) is 0.717. The van der Waals surface area contributed by atoms with Crippen molar-refractivity contribution in [3.8, 4) is 11.5 Å². The van der Waals surface area contributed by atoms with Crippen LogP contribution in [-0.2, 0) is 4.79 Å². The third kappa shape index (κ3) is 7.10. The molecule has 0 saturated carbocycles. The normalized spacial score (nSPS) is 12.7. The number of nitrogens with one attached hydrogen (secondary N) is 1. The van der Waals surface area contributed by atoms with E-state index in [2.05, 4.69) is 12.2 Å². The van der Waals surface area contributed by atoms with Crippen LogP contribution in [0.3, 0.4) is 0 Å². The Bertz CT molecular complexity index is 481. The van der Waals surface area contributed by atoms with Gasteiger partial charge in [-0.05, 0) is 31.9 Å². The number of halogens is 1.